The predicted octanol–water partition coefficient (Wildman–Crippen LogP) is 0.713. The van der Waals surface area contributed by atoms with Crippen molar-refractivity contribution in [2.45, 2.75) is 0 Å². The van der Waals surface area contributed by atoms with Gasteiger partial charge in [0.05, 0.1) is 30.7 Å². The monoisotopic (exact) mass is 245 g/mol. The summed E-state index contributed by atoms with van der Waals surface area (Å²) in [4.78, 5) is 26.4. The smallest absolute Gasteiger partial charge is 0.186 e. The second-order valence-electron chi connectivity index (χ2n) is 4.72. The number of hydrogen-bond acceptors (Lipinski definition) is 4. The Labute approximate surface area is 106 Å². The predicted molar refractivity (Wildman–Crippen MR) is 65.7 cm³/mol. The third-order valence-electron chi connectivity index (χ3n) is 3.65. The zero-order valence-electron chi connectivity index (χ0n) is 10.0. The van der Waals surface area contributed by atoms with E-state index in [1.807, 2.05) is 29.2 Å². The lowest BCUT2D eigenvalue weighted by molar-refractivity contribution is -0.128. The summed E-state index contributed by atoms with van der Waals surface area (Å²) in [6.45, 7) is 2.59. The van der Waals surface area contributed by atoms with Crippen molar-refractivity contribution in [1.82, 2.24) is 4.90 Å². The van der Waals surface area contributed by atoms with E-state index in [1.165, 1.54) is 6.08 Å². The number of hydrogen-bond donors (Lipinski definition) is 0. The molecule has 0 unspecified atom stereocenters. The SMILES string of the molecule is O=C1C=C(N2CCOCC2)C(=O)[C@@H]2C=CC=C[C@@H]12. The van der Waals surface area contributed by atoms with Crippen molar-refractivity contribution in [2.24, 2.45) is 11.8 Å². The average Bonchev–Trinajstić information content (AvgIpc) is 2.44. The lowest BCUT2D eigenvalue weighted by Gasteiger charge is -2.35. The fourth-order valence-electron chi connectivity index (χ4n) is 2.65. The molecule has 3 rings (SSSR count). The van der Waals surface area contributed by atoms with Crippen LogP contribution in [0, 0.1) is 11.8 Å². The summed E-state index contributed by atoms with van der Waals surface area (Å²) in [5.41, 5.74) is 0.560. The van der Waals surface area contributed by atoms with Crippen LogP contribution in [0.5, 0.6) is 0 Å². The molecule has 0 saturated carbocycles. The van der Waals surface area contributed by atoms with Crippen LogP contribution in [0.4, 0.5) is 0 Å². The number of ketones is 2. The van der Waals surface area contributed by atoms with Gasteiger partial charge in [-0.15, -0.1) is 0 Å². The minimum absolute atomic E-state index is 0.0293. The molecule has 1 aliphatic heterocycles. The molecule has 0 radical (unpaired) electrons. The van der Waals surface area contributed by atoms with E-state index in [0.717, 1.165) is 0 Å². The zero-order chi connectivity index (χ0) is 12.5. The van der Waals surface area contributed by atoms with E-state index < -0.39 is 0 Å². The summed E-state index contributed by atoms with van der Waals surface area (Å²) in [6, 6.07) is 0. The second kappa shape index (κ2) is 4.53. The van der Waals surface area contributed by atoms with E-state index in [4.69, 9.17) is 4.74 Å². The minimum Gasteiger partial charge on any atom is -0.378 e. The second-order valence-corrected chi connectivity index (χ2v) is 4.72. The van der Waals surface area contributed by atoms with Gasteiger partial charge in [0.2, 0.25) is 0 Å². The van der Waals surface area contributed by atoms with Crippen LogP contribution >= 0.6 is 0 Å². The molecule has 0 bridgehead atoms. The largest absolute Gasteiger partial charge is 0.378 e. The summed E-state index contributed by atoms with van der Waals surface area (Å²) in [6.07, 6.45) is 8.84. The molecule has 2 atom stereocenters. The van der Waals surface area contributed by atoms with E-state index >= 15 is 0 Å². The van der Waals surface area contributed by atoms with Gasteiger partial charge in [-0.25, -0.2) is 0 Å². The van der Waals surface area contributed by atoms with E-state index in [2.05, 4.69) is 0 Å². The Morgan fingerprint density at radius 2 is 1.72 bits per heavy atom. The van der Waals surface area contributed by atoms with E-state index in [9.17, 15) is 9.59 Å². The van der Waals surface area contributed by atoms with Crippen molar-refractivity contribution in [2.75, 3.05) is 26.3 Å². The van der Waals surface area contributed by atoms with Crippen molar-refractivity contribution >= 4 is 11.6 Å². The Morgan fingerprint density at radius 3 is 2.44 bits per heavy atom. The topological polar surface area (TPSA) is 46.6 Å². The quantitative estimate of drug-likeness (QED) is 0.682. The van der Waals surface area contributed by atoms with Crippen LogP contribution in [0.25, 0.3) is 0 Å². The molecule has 0 aromatic rings. The van der Waals surface area contributed by atoms with Crippen LogP contribution in [0.15, 0.2) is 36.1 Å². The number of carbonyl (C=O) groups is 2. The van der Waals surface area contributed by atoms with Gasteiger partial charge in [-0.1, -0.05) is 24.3 Å². The molecule has 4 nitrogen and oxygen atoms in total. The Kier molecular flexibility index (Phi) is 2.88. The Balaban J connectivity index is 1.90. The molecule has 1 saturated heterocycles. The number of ether oxygens (including phenoxy) is 1. The first kappa shape index (κ1) is 11.4. The maximum Gasteiger partial charge on any atom is 0.186 e. The van der Waals surface area contributed by atoms with Crippen molar-refractivity contribution in [1.29, 1.82) is 0 Å². The standard InChI is InChI=1S/C14H15NO3/c16-13-9-12(15-5-7-18-8-6-15)14(17)11-4-2-1-3-10(11)13/h1-4,9-11H,5-8H2/t10-,11-/m1/s1. The highest BCUT2D eigenvalue weighted by Crippen LogP contribution is 2.30. The van der Waals surface area contributed by atoms with Gasteiger partial charge in [0.15, 0.2) is 11.6 Å². The first-order chi connectivity index (χ1) is 8.77. The molecule has 1 fully saturated rings. The van der Waals surface area contributed by atoms with Crippen LogP contribution in [0.1, 0.15) is 0 Å². The lowest BCUT2D eigenvalue weighted by atomic mass is 9.77. The molecule has 0 aromatic carbocycles. The lowest BCUT2D eigenvalue weighted by Crippen LogP contribution is -2.44. The van der Waals surface area contributed by atoms with Gasteiger partial charge in [-0.2, -0.15) is 0 Å². The van der Waals surface area contributed by atoms with Crippen molar-refractivity contribution in [3.05, 3.63) is 36.1 Å². The first-order valence-corrected chi connectivity index (χ1v) is 6.25. The highest BCUT2D eigenvalue weighted by Gasteiger charge is 2.38. The van der Waals surface area contributed by atoms with E-state index in [0.29, 0.717) is 32.0 Å². The molecule has 2 aliphatic carbocycles. The number of rotatable bonds is 1. The molecule has 0 N–H and O–H groups in total. The van der Waals surface area contributed by atoms with Gasteiger partial charge in [0, 0.05) is 19.2 Å². The number of carbonyl (C=O) groups excluding carboxylic acids is 2. The summed E-state index contributed by atoms with van der Waals surface area (Å²) < 4.78 is 5.27. The zero-order valence-corrected chi connectivity index (χ0v) is 10.0. The molecule has 3 aliphatic rings. The highest BCUT2D eigenvalue weighted by molar-refractivity contribution is 6.12. The number of morpholine rings is 1. The molecule has 94 valence electrons. The fourth-order valence-corrected chi connectivity index (χ4v) is 2.65. The third kappa shape index (κ3) is 1.82. The normalized spacial score (nSPS) is 31.3. The van der Waals surface area contributed by atoms with Crippen LogP contribution < -0.4 is 0 Å². The molecule has 18 heavy (non-hydrogen) atoms. The minimum atomic E-state index is -0.314. The van der Waals surface area contributed by atoms with Crippen LogP contribution in [-0.4, -0.2) is 42.8 Å². The van der Waals surface area contributed by atoms with Crippen molar-refractivity contribution in [3.8, 4) is 0 Å². The Morgan fingerprint density at radius 1 is 1.06 bits per heavy atom. The third-order valence-corrected chi connectivity index (χ3v) is 3.65. The molecular weight excluding hydrogens is 230 g/mol. The maximum atomic E-state index is 12.4. The van der Waals surface area contributed by atoms with Gasteiger partial charge in [-0.3, -0.25) is 9.59 Å². The van der Waals surface area contributed by atoms with Crippen molar-refractivity contribution in [3.63, 3.8) is 0 Å². The molecule has 0 aromatic heterocycles. The maximum absolute atomic E-state index is 12.4. The summed E-state index contributed by atoms with van der Waals surface area (Å²) in [5, 5.41) is 0. The van der Waals surface area contributed by atoms with Gasteiger partial charge >= 0.3 is 0 Å². The van der Waals surface area contributed by atoms with Crippen LogP contribution in [-0.2, 0) is 14.3 Å². The molecule has 0 amide bonds. The fraction of sp³-hybridized carbons (Fsp3) is 0.429. The number of fused-ring (bicyclic) bond motifs is 1. The summed E-state index contributed by atoms with van der Waals surface area (Å²) in [7, 11) is 0. The molecule has 0 spiro atoms. The first-order valence-electron chi connectivity index (χ1n) is 6.25. The van der Waals surface area contributed by atoms with E-state index in [-0.39, 0.29) is 23.4 Å². The number of nitrogens with zero attached hydrogens (tertiary/aromatic N) is 1. The van der Waals surface area contributed by atoms with Crippen LogP contribution in [0.2, 0.25) is 0 Å². The Hall–Kier alpha value is -1.68. The summed E-state index contributed by atoms with van der Waals surface area (Å²) in [5.74, 6) is -0.526. The number of allylic oxidation sites excluding steroid dienone is 6. The Bertz CT molecular complexity index is 469. The van der Waals surface area contributed by atoms with Gasteiger partial charge in [0.25, 0.3) is 0 Å². The highest BCUT2D eigenvalue weighted by atomic mass is 16.5. The molecule has 4 heteroatoms. The molecule has 1 heterocycles. The molecular formula is C14H15NO3. The average molecular weight is 245 g/mol. The van der Waals surface area contributed by atoms with Gasteiger partial charge in [-0.05, 0) is 0 Å². The number of Topliss-reactive ketones (excluding diaryl/α,β-unsaturated/α-hetero) is 1. The van der Waals surface area contributed by atoms with Gasteiger partial charge in [0.1, 0.15) is 0 Å². The van der Waals surface area contributed by atoms with Gasteiger partial charge < -0.3 is 9.64 Å². The van der Waals surface area contributed by atoms with Crippen molar-refractivity contribution < 1.29 is 14.3 Å². The van der Waals surface area contributed by atoms with E-state index in [1.54, 1.807) is 0 Å². The summed E-state index contributed by atoms with van der Waals surface area (Å²) >= 11 is 0. The van der Waals surface area contributed by atoms with Crippen LogP contribution in [0.3, 0.4) is 0 Å².